The number of nitrogens with one attached hydrogen (secondary N) is 2. The van der Waals surface area contributed by atoms with Gasteiger partial charge >= 0.3 is 12.0 Å². The highest BCUT2D eigenvalue weighted by molar-refractivity contribution is 6.08. The minimum absolute atomic E-state index is 0.251. The summed E-state index contributed by atoms with van der Waals surface area (Å²) in [4.78, 5) is 26.5. The Labute approximate surface area is 165 Å². The maximum absolute atomic E-state index is 12.5. The lowest BCUT2D eigenvalue weighted by Crippen LogP contribution is -2.36. The molecule has 150 valence electrons. The molecule has 4 rings (SSSR count). The molecule has 2 N–H and O–H groups in total. The van der Waals surface area contributed by atoms with Crippen molar-refractivity contribution in [1.29, 1.82) is 0 Å². The molecule has 0 aliphatic carbocycles. The SMILES string of the molecule is COC(=O)c1ccccc1NC(=O)Nc1ccc(N2CCOCC2)c2nonc12. The van der Waals surface area contributed by atoms with Crippen LogP contribution in [-0.4, -0.2) is 55.7 Å². The molecule has 29 heavy (non-hydrogen) atoms. The number of hydrogen-bond acceptors (Lipinski definition) is 8. The summed E-state index contributed by atoms with van der Waals surface area (Å²) in [6, 6.07) is 9.63. The minimum Gasteiger partial charge on any atom is -0.465 e. The van der Waals surface area contributed by atoms with Crippen molar-refractivity contribution in [2.45, 2.75) is 0 Å². The van der Waals surface area contributed by atoms with E-state index in [0.717, 1.165) is 18.8 Å². The van der Waals surface area contributed by atoms with E-state index in [-0.39, 0.29) is 5.56 Å². The van der Waals surface area contributed by atoms with Crippen molar-refractivity contribution in [2.75, 3.05) is 48.9 Å². The average Bonchev–Trinajstić information content (AvgIpc) is 3.25. The first-order valence-corrected chi connectivity index (χ1v) is 9.00. The van der Waals surface area contributed by atoms with E-state index in [4.69, 9.17) is 14.1 Å². The molecule has 3 aromatic rings. The second-order valence-electron chi connectivity index (χ2n) is 6.31. The summed E-state index contributed by atoms with van der Waals surface area (Å²) in [6.45, 7) is 2.74. The van der Waals surface area contributed by atoms with Crippen molar-refractivity contribution in [3.8, 4) is 0 Å². The fraction of sp³-hybridized carbons (Fsp3) is 0.263. The molecule has 1 aliphatic rings. The number of urea groups is 1. The van der Waals surface area contributed by atoms with Gasteiger partial charge in [-0.25, -0.2) is 14.2 Å². The Morgan fingerprint density at radius 1 is 1.00 bits per heavy atom. The number of benzene rings is 2. The molecule has 1 aromatic heterocycles. The number of esters is 1. The lowest BCUT2D eigenvalue weighted by Gasteiger charge is -2.28. The molecule has 1 aliphatic heterocycles. The van der Waals surface area contributed by atoms with Gasteiger partial charge in [0, 0.05) is 13.1 Å². The van der Waals surface area contributed by atoms with Crippen LogP contribution in [0.25, 0.3) is 11.0 Å². The van der Waals surface area contributed by atoms with Crippen LogP contribution in [0.15, 0.2) is 41.0 Å². The van der Waals surface area contributed by atoms with Crippen LogP contribution in [0.4, 0.5) is 21.9 Å². The first-order chi connectivity index (χ1) is 14.2. The van der Waals surface area contributed by atoms with E-state index in [1.54, 1.807) is 30.3 Å². The van der Waals surface area contributed by atoms with Crippen molar-refractivity contribution >= 4 is 40.1 Å². The molecule has 0 bridgehead atoms. The van der Waals surface area contributed by atoms with E-state index >= 15 is 0 Å². The summed E-state index contributed by atoms with van der Waals surface area (Å²) in [7, 11) is 1.28. The highest BCUT2D eigenvalue weighted by atomic mass is 16.6. The molecule has 0 unspecified atom stereocenters. The molecule has 0 radical (unpaired) electrons. The van der Waals surface area contributed by atoms with Crippen LogP contribution in [0.1, 0.15) is 10.4 Å². The summed E-state index contributed by atoms with van der Waals surface area (Å²) in [5.74, 6) is -0.543. The Balaban J connectivity index is 1.55. The normalized spacial score (nSPS) is 13.9. The molecule has 10 heteroatoms. The van der Waals surface area contributed by atoms with Crippen molar-refractivity contribution in [3.63, 3.8) is 0 Å². The van der Waals surface area contributed by atoms with Crippen molar-refractivity contribution in [3.05, 3.63) is 42.0 Å². The van der Waals surface area contributed by atoms with Gasteiger partial charge in [0.25, 0.3) is 0 Å². The zero-order valence-corrected chi connectivity index (χ0v) is 15.7. The molecule has 0 atom stereocenters. The van der Waals surface area contributed by atoms with Gasteiger partial charge in [-0.2, -0.15) is 0 Å². The van der Waals surface area contributed by atoms with E-state index in [9.17, 15) is 9.59 Å². The van der Waals surface area contributed by atoms with E-state index in [2.05, 4.69) is 25.8 Å². The standard InChI is InChI=1S/C19H19N5O5/c1-27-18(25)12-4-2-3-5-13(12)20-19(26)21-14-6-7-15(17-16(14)22-29-23-17)24-8-10-28-11-9-24/h2-7H,8-11H2,1H3,(H2,20,21,26). The molecule has 10 nitrogen and oxygen atoms in total. The summed E-state index contributed by atoms with van der Waals surface area (Å²) in [6.07, 6.45) is 0. The minimum atomic E-state index is -0.543. The van der Waals surface area contributed by atoms with Crippen LogP contribution >= 0.6 is 0 Å². The molecule has 1 saturated heterocycles. The van der Waals surface area contributed by atoms with Crippen molar-refractivity contribution < 1.29 is 23.7 Å². The summed E-state index contributed by atoms with van der Waals surface area (Å²) < 4.78 is 15.0. The predicted molar refractivity (Wildman–Crippen MR) is 105 cm³/mol. The summed E-state index contributed by atoms with van der Waals surface area (Å²) >= 11 is 0. The molecular formula is C19H19N5O5. The van der Waals surface area contributed by atoms with E-state index < -0.39 is 12.0 Å². The molecular weight excluding hydrogens is 378 g/mol. The number of aromatic nitrogens is 2. The lowest BCUT2D eigenvalue weighted by atomic mass is 10.2. The number of amides is 2. The number of carbonyl (C=O) groups excluding carboxylic acids is 2. The second-order valence-corrected chi connectivity index (χ2v) is 6.31. The van der Waals surface area contributed by atoms with E-state index in [1.165, 1.54) is 7.11 Å². The van der Waals surface area contributed by atoms with Gasteiger partial charge in [0.15, 0.2) is 11.0 Å². The summed E-state index contributed by atoms with van der Waals surface area (Å²) in [5.41, 5.74) is 2.88. The van der Waals surface area contributed by atoms with Gasteiger partial charge in [0.2, 0.25) is 0 Å². The molecule has 2 heterocycles. The lowest BCUT2D eigenvalue weighted by molar-refractivity contribution is 0.0602. The number of methoxy groups -OCH3 is 1. The number of anilines is 3. The number of morpholine rings is 1. The number of nitrogens with zero attached hydrogens (tertiary/aromatic N) is 3. The van der Waals surface area contributed by atoms with Gasteiger partial charge in [0.1, 0.15) is 0 Å². The van der Waals surface area contributed by atoms with E-state index in [1.807, 2.05) is 6.07 Å². The third-order valence-corrected chi connectivity index (χ3v) is 4.57. The fourth-order valence-electron chi connectivity index (χ4n) is 3.17. The first kappa shape index (κ1) is 18.7. The number of ether oxygens (including phenoxy) is 2. The number of rotatable bonds is 4. The largest absolute Gasteiger partial charge is 0.465 e. The Morgan fingerprint density at radius 2 is 1.72 bits per heavy atom. The van der Waals surface area contributed by atoms with Crippen LogP contribution in [0.3, 0.4) is 0 Å². The number of para-hydroxylation sites is 1. The maximum Gasteiger partial charge on any atom is 0.339 e. The average molecular weight is 397 g/mol. The molecule has 0 saturated carbocycles. The Bertz CT molecular complexity index is 1040. The second kappa shape index (κ2) is 8.15. The third kappa shape index (κ3) is 3.83. The topological polar surface area (TPSA) is 119 Å². The van der Waals surface area contributed by atoms with Crippen LogP contribution < -0.4 is 15.5 Å². The number of hydrogen-bond donors (Lipinski definition) is 2. The van der Waals surface area contributed by atoms with Gasteiger partial charge in [-0.05, 0) is 34.6 Å². The van der Waals surface area contributed by atoms with Crippen LogP contribution in [0.5, 0.6) is 0 Å². The smallest absolute Gasteiger partial charge is 0.339 e. The maximum atomic E-state index is 12.5. The fourth-order valence-corrected chi connectivity index (χ4v) is 3.17. The van der Waals surface area contributed by atoms with Crippen molar-refractivity contribution in [1.82, 2.24) is 10.3 Å². The van der Waals surface area contributed by atoms with E-state index in [0.29, 0.717) is 35.6 Å². The summed E-state index contributed by atoms with van der Waals surface area (Å²) in [5, 5.41) is 13.3. The third-order valence-electron chi connectivity index (χ3n) is 4.57. The Hall–Kier alpha value is -3.66. The van der Waals surface area contributed by atoms with Gasteiger partial charge < -0.3 is 25.0 Å². The van der Waals surface area contributed by atoms with Gasteiger partial charge in [-0.15, -0.1) is 0 Å². The molecule has 2 aromatic carbocycles. The van der Waals surface area contributed by atoms with Gasteiger partial charge in [-0.3, -0.25) is 0 Å². The number of carbonyl (C=O) groups is 2. The van der Waals surface area contributed by atoms with Gasteiger partial charge in [-0.1, -0.05) is 12.1 Å². The van der Waals surface area contributed by atoms with Crippen LogP contribution in [-0.2, 0) is 9.47 Å². The molecule has 1 fully saturated rings. The Morgan fingerprint density at radius 3 is 2.52 bits per heavy atom. The molecule has 0 spiro atoms. The Kier molecular flexibility index (Phi) is 5.25. The highest BCUT2D eigenvalue weighted by Crippen LogP contribution is 2.30. The predicted octanol–water partition coefficient (Wildman–Crippen LogP) is 2.49. The van der Waals surface area contributed by atoms with Crippen LogP contribution in [0, 0.1) is 0 Å². The highest BCUT2D eigenvalue weighted by Gasteiger charge is 2.20. The zero-order chi connectivity index (χ0) is 20.2. The zero-order valence-electron chi connectivity index (χ0n) is 15.7. The van der Waals surface area contributed by atoms with Gasteiger partial charge in [0.05, 0.1) is 42.9 Å². The van der Waals surface area contributed by atoms with Crippen molar-refractivity contribution in [2.24, 2.45) is 0 Å². The monoisotopic (exact) mass is 397 g/mol. The molecule has 2 amide bonds. The number of fused-ring (bicyclic) bond motifs is 1. The first-order valence-electron chi connectivity index (χ1n) is 9.00. The van der Waals surface area contributed by atoms with Crippen LogP contribution in [0.2, 0.25) is 0 Å². The quantitative estimate of drug-likeness (QED) is 0.645.